The van der Waals surface area contributed by atoms with E-state index < -0.39 is 41.3 Å². The van der Waals surface area contributed by atoms with Crippen LogP contribution < -0.4 is 10.6 Å². The Labute approximate surface area is 228 Å². The van der Waals surface area contributed by atoms with Crippen molar-refractivity contribution in [2.75, 3.05) is 11.9 Å². The van der Waals surface area contributed by atoms with Crippen molar-refractivity contribution in [2.45, 2.75) is 25.1 Å². The second-order valence-electron chi connectivity index (χ2n) is 9.17. The molecule has 0 aromatic heterocycles. The second-order valence-corrected chi connectivity index (χ2v) is 9.17. The Morgan fingerprint density at radius 2 is 1.73 bits per heavy atom. The smallest absolute Gasteiger partial charge is 0.341 e. The molecule has 1 aliphatic heterocycles. The standard InChI is InChI=1S/C30H26F4N4O2/c1-3-16-38-27(36-23-10-5-4-6-11-23)24(18(2)35)25(19-12-14-22(31)15-13-19)26(29(38)40)37-28(39)20-8-7-9-21(17-20)30(32,33)34/h3-15,17,25-26,35-36H,1,16H2,2H3,(H,37,39)/t25-,26?/m0/s1. The van der Waals surface area contributed by atoms with Gasteiger partial charge >= 0.3 is 6.18 Å². The van der Waals surface area contributed by atoms with E-state index in [-0.39, 0.29) is 23.6 Å². The average Bonchev–Trinajstić information content (AvgIpc) is 2.92. The van der Waals surface area contributed by atoms with Crippen molar-refractivity contribution >= 4 is 23.2 Å². The highest BCUT2D eigenvalue weighted by molar-refractivity contribution is 6.05. The lowest BCUT2D eigenvalue weighted by Crippen LogP contribution is -2.56. The van der Waals surface area contributed by atoms with E-state index in [1.807, 2.05) is 6.07 Å². The zero-order valence-corrected chi connectivity index (χ0v) is 21.4. The molecule has 6 nitrogen and oxygen atoms in total. The Morgan fingerprint density at radius 1 is 1.05 bits per heavy atom. The van der Waals surface area contributed by atoms with Gasteiger partial charge in [0, 0.05) is 35.0 Å². The summed E-state index contributed by atoms with van der Waals surface area (Å²) < 4.78 is 53.8. The van der Waals surface area contributed by atoms with Gasteiger partial charge in [0.05, 0.1) is 5.56 Å². The molecule has 0 spiro atoms. The largest absolute Gasteiger partial charge is 0.416 e. The number of nitrogens with zero attached hydrogens (tertiary/aromatic N) is 1. The normalized spacial score (nSPS) is 17.4. The number of carbonyl (C=O) groups is 2. The second kappa shape index (κ2) is 11.6. The number of para-hydroxylation sites is 1. The fourth-order valence-corrected chi connectivity index (χ4v) is 4.63. The molecule has 40 heavy (non-hydrogen) atoms. The first kappa shape index (κ1) is 28.3. The molecule has 2 amide bonds. The third-order valence-corrected chi connectivity index (χ3v) is 6.42. The van der Waals surface area contributed by atoms with Gasteiger partial charge in [0.15, 0.2) is 0 Å². The summed E-state index contributed by atoms with van der Waals surface area (Å²) in [5, 5.41) is 14.5. The van der Waals surface area contributed by atoms with Crippen molar-refractivity contribution in [1.82, 2.24) is 10.2 Å². The Hall–Kier alpha value is -4.73. The van der Waals surface area contributed by atoms with Crippen molar-refractivity contribution in [3.63, 3.8) is 0 Å². The van der Waals surface area contributed by atoms with Crippen LogP contribution in [-0.2, 0) is 11.0 Å². The average molecular weight is 551 g/mol. The van der Waals surface area contributed by atoms with Crippen molar-refractivity contribution in [1.29, 1.82) is 5.41 Å². The number of anilines is 1. The van der Waals surface area contributed by atoms with E-state index in [2.05, 4.69) is 17.2 Å². The van der Waals surface area contributed by atoms with Gasteiger partial charge in [0.2, 0.25) is 0 Å². The molecule has 3 aromatic rings. The maximum absolute atomic E-state index is 14.0. The summed E-state index contributed by atoms with van der Waals surface area (Å²) in [6.45, 7) is 5.25. The first-order valence-corrected chi connectivity index (χ1v) is 12.3. The molecule has 10 heteroatoms. The molecule has 0 radical (unpaired) electrons. The van der Waals surface area contributed by atoms with Crippen molar-refractivity contribution in [3.05, 3.63) is 125 Å². The number of benzene rings is 3. The number of hydrogen-bond donors (Lipinski definition) is 3. The van der Waals surface area contributed by atoms with Crippen LogP contribution in [0.4, 0.5) is 23.2 Å². The molecule has 1 unspecified atom stereocenters. The minimum atomic E-state index is -4.67. The maximum Gasteiger partial charge on any atom is 0.416 e. The zero-order chi connectivity index (χ0) is 29.0. The van der Waals surface area contributed by atoms with E-state index in [1.165, 1.54) is 48.2 Å². The molecule has 206 valence electrons. The number of carbonyl (C=O) groups excluding carboxylic acids is 2. The summed E-state index contributed by atoms with van der Waals surface area (Å²) >= 11 is 0. The van der Waals surface area contributed by atoms with Crippen molar-refractivity contribution in [2.24, 2.45) is 0 Å². The van der Waals surface area contributed by atoms with Gasteiger partial charge in [-0.15, -0.1) is 6.58 Å². The molecule has 0 aliphatic carbocycles. The molecule has 1 aliphatic rings. The molecule has 3 N–H and O–H groups in total. The van der Waals surface area contributed by atoms with Gasteiger partial charge in [-0.05, 0) is 55.0 Å². The van der Waals surface area contributed by atoms with Crippen LogP contribution in [0.15, 0.2) is 103 Å². The minimum absolute atomic E-state index is 0.0108. The van der Waals surface area contributed by atoms with Crippen LogP contribution in [0, 0.1) is 11.2 Å². The van der Waals surface area contributed by atoms with Crippen molar-refractivity contribution in [3.8, 4) is 0 Å². The molecular formula is C30H26F4N4O2. The third-order valence-electron chi connectivity index (χ3n) is 6.42. The van der Waals surface area contributed by atoms with Gasteiger partial charge in [-0.1, -0.05) is 42.5 Å². The SMILES string of the molecule is C=CCN1C(=O)C(NC(=O)c2cccc(C(F)(F)F)c2)[C@@H](c2ccc(F)cc2)C(C(C)=N)=C1Nc1ccccc1. The topological polar surface area (TPSA) is 85.3 Å². The Morgan fingerprint density at radius 3 is 2.33 bits per heavy atom. The lowest BCUT2D eigenvalue weighted by Gasteiger charge is -2.41. The van der Waals surface area contributed by atoms with E-state index >= 15 is 0 Å². The van der Waals surface area contributed by atoms with E-state index in [0.717, 1.165) is 12.1 Å². The molecule has 3 aromatic carbocycles. The van der Waals surface area contributed by atoms with Crippen LogP contribution in [-0.4, -0.2) is 35.0 Å². The first-order valence-electron chi connectivity index (χ1n) is 12.3. The summed E-state index contributed by atoms with van der Waals surface area (Å²) in [6, 6.07) is 16.8. The number of hydrogen-bond acceptors (Lipinski definition) is 4. The summed E-state index contributed by atoms with van der Waals surface area (Å²) in [7, 11) is 0. The van der Waals surface area contributed by atoms with E-state index in [4.69, 9.17) is 5.41 Å². The van der Waals surface area contributed by atoms with Crippen LogP contribution in [0.1, 0.15) is 34.3 Å². The van der Waals surface area contributed by atoms with Gasteiger partial charge in [0.25, 0.3) is 11.8 Å². The first-order chi connectivity index (χ1) is 19.0. The number of amides is 2. The zero-order valence-electron chi connectivity index (χ0n) is 21.4. The molecule has 2 atom stereocenters. The molecule has 4 rings (SSSR count). The third kappa shape index (κ3) is 5.96. The number of halogens is 4. The number of rotatable bonds is 8. The molecule has 0 fully saturated rings. The van der Waals surface area contributed by atoms with E-state index in [9.17, 15) is 27.2 Å². The Balaban J connectivity index is 1.87. The van der Waals surface area contributed by atoms with Gasteiger partial charge in [-0.3, -0.25) is 14.5 Å². The van der Waals surface area contributed by atoms with Crippen molar-refractivity contribution < 1.29 is 27.2 Å². The highest BCUT2D eigenvalue weighted by Gasteiger charge is 2.44. The molecule has 1 heterocycles. The maximum atomic E-state index is 14.0. The molecule has 0 bridgehead atoms. The highest BCUT2D eigenvalue weighted by Crippen LogP contribution is 2.38. The van der Waals surface area contributed by atoms with Gasteiger partial charge in [0.1, 0.15) is 17.7 Å². The summed E-state index contributed by atoms with van der Waals surface area (Å²) in [5.41, 5.74) is 0.155. The quantitative estimate of drug-likeness (QED) is 0.180. The summed E-state index contributed by atoms with van der Waals surface area (Å²) in [4.78, 5) is 28.6. The highest BCUT2D eigenvalue weighted by atomic mass is 19.4. The predicted octanol–water partition coefficient (Wildman–Crippen LogP) is 6.12. The van der Waals surface area contributed by atoms with Crippen LogP contribution >= 0.6 is 0 Å². The Bertz CT molecular complexity index is 1470. The lowest BCUT2D eigenvalue weighted by atomic mass is 9.79. The van der Waals surface area contributed by atoms with Crippen LogP contribution in [0.2, 0.25) is 0 Å². The van der Waals surface area contributed by atoms with Crippen LogP contribution in [0.25, 0.3) is 0 Å². The minimum Gasteiger partial charge on any atom is -0.341 e. The number of alkyl halides is 3. The molecule has 0 saturated carbocycles. The van der Waals surface area contributed by atoms with Crippen LogP contribution in [0.5, 0.6) is 0 Å². The molecule has 0 saturated heterocycles. The monoisotopic (exact) mass is 550 g/mol. The number of nitrogens with one attached hydrogen (secondary N) is 3. The van der Waals surface area contributed by atoms with E-state index in [0.29, 0.717) is 22.9 Å². The van der Waals surface area contributed by atoms with E-state index in [1.54, 1.807) is 24.3 Å². The summed E-state index contributed by atoms with van der Waals surface area (Å²) in [6.07, 6.45) is -3.19. The Kier molecular flexibility index (Phi) is 8.18. The fourth-order valence-electron chi connectivity index (χ4n) is 4.63. The molecular weight excluding hydrogens is 524 g/mol. The predicted molar refractivity (Wildman–Crippen MR) is 144 cm³/mol. The van der Waals surface area contributed by atoms with Gasteiger partial charge in [-0.25, -0.2) is 4.39 Å². The van der Waals surface area contributed by atoms with Crippen LogP contribution in [0.3, 0.4) is 0 Å². The summed E-state index contributed by atoms with van der Waals surface area (Å²) in [5.74, 6) is -2.70. The van der Waals surface area contributed by atoms with Gasteiger partial charge < -0.3 is 16.0 Å². The van der Waals surface area contributed by atoms with Gasteiger partial charge in [-0.2, -0.15) is 13.2 Å². The fraction of sp³-hybridized carbons (Fsp3) is 0.167. The lowest BCUT2D eigenvalue weighted by molar-refractivity contribution is -0.137.